The minimum Gasteiger partial charge on any atom is -0.493 e. The Morgan fingerprint density at radius 3 is 2.15 bits per heavy atom. The largest absolute Gasteiger partial charge is 0.493 e. The Bertz CT molecular complexity index is 432. The number of carbonyl (C=O) groups excluding carboxylic acids is 1. The molecule has 0 fully saturated rings. The van der Waals surface area contributed by atoms with Gasteiger partial charge in [0.1, 0.15) is 5.75 Å². The van der Waals surface area contributed by atoms with E-state index in [1.165, 1.54) is 0 Å². The van der Waals surface area contributed by atoms with Gasteiger partial charge < -0.3 is 4.74 Å². The van der Waals surface area contributed by atoms with Gasteiger partial charge in [0, 0.05) is 5.41 Å². The van der Waals surface area contributed by atoms with E-state index in [-0.39, 0.29) is 16.6 Å². The molecule has 1 aromatic carbocycles. The van der Waals surface area contributed by atoms with Crippen LogP contribution in [0.4, 0.5) is 0 Å². The van der Waals surface area contributed by atoms with Gasteiger partial charge in [-0.15, -0.1) is 0 Å². The smallest absolute Gasteiger partial charge is 0.227 e. The lowest BCUT2D eigenvalue weighted by molar-refractivity contribution is -0.120. The van der Waals surface area contributed by atoms with Crippen LogP contribution in [0.25, 0.3) is 0 Å². The molecule has 0 aliphatic carbocycles. The predicted octanol–water partition coefficient (Wildman–Crippen LogP) is 4.91. The topological polar surface area (TPSA) is 26.3 Å². The Balaban J connectivity index is 2.74. The number of carbonyl (C=O) groups is 1. The third kappa shape index (κ3) is 5.16. The molecule has 0 heterocycles. The second-order valence-corrected chi connectivity index (χ2v) is 7.39. The summed E-state index contributed by atoms with van der Waals surface area (Å²) in [5.74, 6) is 1.11. The van der Waals surface area contributed by atoms with Crippen LogP contribution in [-0.4, -0.2) is 11.8 Å². The molecular formula is C17H25ClO2. The summed E-state index contributed by atoms with van der Waals surface area (Å²) in [6.07, 6.45) is 0.714. The molecule has 0 bridgehead atoms. The molecule has 3 heteroatoms. The number of hydrogen-bond donors (Lipinski definition) is 0. The number of ether oxygens (including phenoxy) is 1. The maximum Gasteiger partial charge on any atom is 0.227 e. The number of para-hydroxylation sites is 1. The molecule has 1 rings (SSSR count). The van der Waals surface area contributed by atoms with Crippen LogP contribution in [0.1, 0.15) is 41.0 Å². The molecule has 2 nitrogen and oxygen atoms in total. The zero-order valence-corrected chi connectivity index (χ0v) is 13.8. The summed E-state index contributed by atoms with van der Waals surface area (Å²) in [4.78, 5) is 11.5. The van der Waals surface area contributed by atoms with Crippen molar-refractivity contribution in [3.63, 3.8) is 0 Å². The second-order valence-electron chi connectivity index (χ2n) is 7.05. The summed E-state index contributed by atoms with van der Waals surface area (Å²) < 4.78 is 5.87. The Kier molecular flexibility index (Phi) is 5.64. The summed E-state index contributed by atoms with van der Waals surface area (Å²) in [5.41, 5.74) is -0.474. The molecule has 0 amide bonds. The average molecular weight is 297 g/mol. The minimum absolute atomic E-state index is 0.0540. The van der Waals surface area contributed by atoms with E-state index >= 15 is 0 Å². The van der Waals surface area contributed by atoms with E-state index < -0.39 is 5.41 Å². The molecule has 1 aromatic rings. The van der Waals surface area contributed by atoms with Crippen molar-refractivity contribution in [3.05, 3.63) is 30.3 Å². The van der Waals surface area contributed by atoms with Crippen molar-refractivity contribution in [2.75, 3.05) is 6.61 Å². The first-order valence-electron chi connectivity index (χ1n) is 7.01. The number of rotatable bonds is 6. The molecule has 0 saturated carbocycles. The van der Waals surface area contributed by atoms with Gasteiger partial charge in [0.05, 0.1) is 6.61 Å². The van der Waals surface area contributed by atoms with E-state index in [9.17, 15) is 4.79 Å². The molecule has 20 heavy (non-hydrogen) atoms. The van der Waals surface area contributed by atoms with Gasteiger partial charge in [0.25, 0.3) is 0 Å². The molecule has 112 valence electrons. The number of benzene rings is 1. The first kappa shape index (κ1) is 17.0. The Labute approximate surface area is 127 Å². The van der Waals surface area contributed by atoms with Gasteiger partial charge >= 0.3 is 0 Å². The van der Waals surface area contributed by atoms with Crippen LogP contribution in [0.3, 0.4) is 0 Å². The maximum atomic E-state index is 11.5. The van der Waals surface area contributed by atoms with E-state index in [4.69, 9.17) is 16.3 Å². The van der Waals surface area contributed by atoms with Crippen molar-refractivity contribution in [3.8, 4) is 5.75 Å². The molecular weight excluding hydrogens is 272 g/mol. The fourth-order valence-corrected chi connectivity index (χ4v) is 2.10. The van der Waals surface area contributed by atoms with Crippen molar-refractivity contribution in [2.45, 2.75) is 41.0 Å². The van der Waals surface area contributed by atoms with Gasteiger partial charge in [-0.3, -0.25) is 4.79 Å². The first-order chi connectivity index (χ1) is 9.13. The Hall–Kier alpha value is -1.02. The average Bonchev–Trinajstić information content (AvgIpc) is 2.34. The molecule has 0 aliphatic rings. The lowest BCUT2D eigenvalue weighted by Gasteiger charge is -2.35. The third-order valence-electron chi connectivity index (χ3n) is 3.71. The monoisotopic (exact) mass is 296 g/mol. The molecule has 0 radical (unpaired) electrons. The molecule has 0 saturated heterocycles. The maximum absolute atomic E-state index is 11.5. The van der Waals surface area contributed by atoms with Gasteiger partial charge in [-0.05, 0) is 41.5 Å². The minimum atomic E-state index is -0.528. The van der Waals surface area contributed by atoms with Crippen LogP contribution in [-0.2, 0) is 4.79 Å². The van der Waals surface area contributed by atoms with Crippen molar-refractivity contribution >= 4 is 16.8 Å². The third-order valence-corrected chi connectivity index (χ3v) is 4.22. The van der Waals surface area contributed by atoms with E-state index in [2.05, 4.69) is 20.8 Å². The lowest BCUT2D eigenvalue weighted by atomic mass is 9.72. The summed E-state index contributed by atoms with van der Waals surface area (Å²) >= 11 is 5.70. The van der Waals surface area contributed by atoms with E-state index in [0.29, 0.717) is 13.0 Å². The van der Waals surface area contributed by atoms with Gasteiger partial charge in [0.15, 0.2) is 0 Å². The molecule has 1 unspecified atom stereocenters. The lowest BCUT2D eigenvalue weighted by Crippen LogP contribution is -2.33. The fraction of sp³-hybridized carbons (Fsp3) is 0.588. The van der Waals surface area contributed by atoms with Crippen LogP contribution >= 0.6 is 11.6 Å². The summed E-state index contributed by atoms with van der Waals surface area (Å²) in [6, 6.07) is 9.75. The molecule has 0 aliphatic heterocycles. The Morgan fingerprint density at radius 2 is 1.70 bits per heavy atom. The second kappa shape index (κ2) is 6.62. The quantitative estimate of drug-likeness (QED) is 0.697. The van der Waals surface area contributed by atoms with Crippen LogP contribution in [0.5, 0.6) is 5.75 Å². The van der Waals surface area contributed by atoms with Gasteiger partial charge in [-0.2, -0.15) is 0 Å². The van der Waals surface area contributed by atoms with E-state index in [1.807, 2.05) is 44.2 Å². The van der Waals surface area contributed by atoms with Crippen LogP contribution in [0.2, 0.25) is 0 Å². The Morgan fingerprint density at radius 1 is 1.15 bits per heavy atom. The van der Waals surface area contributed by atoms with Crippen LogP contribution in [0, 0.1) is 16.7 Å². The van der Waals surface area contributed by atoms with Gasteiger partial charge in [-0.1, -0.05) is 52.8 Å². The zero-order valence-electron chi connectivity index (χ0n) is 13.1. The van der Waals surface area contributed by atoms with E-state index in [1.54, 1.807) is 0 Å². The summed E-state index contributed by atoms with van der Waals surface area (Å²) in [7, 11) is 0. The fourth-order valence-electron chi connectivity index (χ4n) is 2.02. The predicted molar refractivity (Wildman–Crippen MR) is 84.1 cm³/mol. The molecule has 0 N–H and O–H groups in total. The van der Waals surface area contributed by atoms with Crippen molar-refractivity contribution < 1.29 is 9.53 Å². The van der Waals surface area contributed by atoms with E-state index in [0.717, 1.165) is 5.75 Å². The first-order valence-corrected chi connectivity index (χ1v) is 7.38. The normalized spacial score (nSPS) is 13.9. The van der Waals surface area contributed by atoms with Crippen molar-refractivity contribution in [1.29, 1.82) is 0 Å². The van der Waals surface area contributed by atoms with Gasteiger partial charge in [0.2, 0.25) is 5.24 Å². The van der Waals surface area contributed by atoms with Crippen LogP contribution < -0.4 is 4.74 Å². The number of hydrogen-bond acceptors (Lipinski definition) is 2. The molecule has 0 aromatic heterocycles. The highest BCUT2D eigenvalue weighted by Gasteiger charge is 2.35. The highest BCUT2D eigenvalue weighted by molar-refractivity contribution is 6.64. The van der Waals surface area contributed by atoms with Gasteiger partial charge in [-0.25, -0.2) is 0 Å². The van der Waals surface area contributed by atoms with Crippen molar-refractivity contribution in [2.24, 2.45) is 16.7 Å². The zero-order chi connectivity index (χ0) is 15.4. The SMILES string of the molecule is CC(C)(CC(COc1ccccc1)C(C)(C)C)C(=O)Cl. The summed E-state index contributed by atoms with van der Waals surface area (Å²) in [5, 5.41) is -0.286. The molecule has 1 atom stereocenters. The highest BCUT2D eigenvalue weighted by Crippen LogP contribution is 2.37. The van der Waals surface area contributed by atoms with Crippen molar-refractivity contribution in [1.82, 2.24) is 0 Å². The number of halogens is 1. The van der Waals surface area contributed by atoms with Crippen LogP contribution in [0.15, 0.2) is 30.3 Å². The highest BCUT2D eigenvalue weighted by atomic mass is 35.5. The standard InChI is InChI=1S/C17H25ClO2/c1-16(2,3)13(11-17(4,5)15(18)19)12-20-14-9-7-6-8-10-14/h6-10,13H,11-12H2,1-5H3. The summed E-state index contributed by atoms with van der Waals surface area (Å²) in [6.45, 7) is 10.9. The molecule has 0 spiro atoms.